The van der Waals surface area contributed by atoms with E-state index in [-0.39, 0.29) is 11.8 Å². The summed E-state index contributed by atoms with van der Waals surface area (Å²) in [6.07, 6.45) is 0. The van der Waals surface area contributed by atoms with Gasteiger partial charge < -0.3 is 14.5 Å². The van der Waals surface area contributed by atoms with Crippen molar-refractivity contribution in [2.75, 3.05) is 7.11 Å². The maximum Gasteiger partial charge on any atom is 0.373 e. The molecule has 4 nitrogen and oxygen atoms in total. The molecular weight excluding hydrogens is 280 g/mol. The van der Waals surface area contributed by atoms with E-state index >= 15 is 0 Å². The van der Waals surface area contributed by atoms with E-state index in [1.807, 2.05) is 6.92 Å². The van der Waals surface area contributed by atoms with Gasteiger partial charge >= 0.3 is 5.97 Å². The second-order valence-electron chi connectivity index (χ2n) is 4.53. The van der Waals surface area contributed by atoms with Crippen LogP contribution in [-0.4, -0.2) is 13.1 Å². The van der Waals surface area contributed by atoms with Crippen LogP contribution in [0.15, 0.2) is 34.7 Å². The fourth-order valence-electron chi connectivity index (χ4n) is 1.84. The van der Waals surface area contributed by atoms with Crippen LogP contribution in [0.3, 0.4) is 0 Å². The Morgan fingerprint density at radius 3 is 2.71 bits per heavy atom. The molecule has 0 aliphatic rings. The molecule has 1 atom stereocenters. The minimum Gasteiger partial charge on any atom is -0.463 e. The molecule has 0 saturated heterocycles. The molecule has 21 heavy (non-hydrogen) atoms. The van der Waals surface area contributed by atoms with Crippen LogP contribution in [0.4, 0.5) is 8.78 Å². The Balaban J connectivity index is 1.97. The zero-order valence-electron chi connectivity index (χ0n) is 11.7. The second kappa shape index (κ2) is 6.49. The standard InChI is InChI=1S/C15H15F2NO3/c1-9(10-3-5-12(16)13(17)7-10)18-8-11-4-6-14(21-11)15(19)20-2/h3-7,9,18H,8H2,1-2H3. The third-order valence-corrected chi connectivity index (χ3v) is 3.07. The first kappa shape index (κ1) is 15.2. The van der Waals surface area contributed by atoms with Crippen molar-refractivity contribution in [2.24, 2.45) is 0 Å². The highest BCUT2D eigenvalue weighted by Crippen LogP contribution is 2.17. The van der Waals surface area contributed by atoms with Crippen LogP contribution in [0.25, 0.3) is 0 Å². The van der Waals surface area contributed by atoms with Crippen LogP contribution in [0.5, 0.6) is 0 Å². The Morgan fingerprint density at radius 1 is 1.29 bits per heavy atom. The Hall–Kier alpha value is -2.21. The summed E-state index contributed by atoms with van der Waals surface area (Å²) in [5.74, 6) is -1.64. The SMILES string of the molecule is COC(=O)c1ccc(CNC(C)c2ccc(F)c(F)c2)o1. The fourth-order valence-corrected chi connectivity index (χ4v) is 1.84. The molecule has 1 heterocycles. The van der Waals surface area contributed by atoms with E-state index in [4.69, 9.17) is 4.42 Å². The van der Waals surface area contributed by atoms with Crippen molar-refractivity contribution < 1.29 is 22.7 Å². The number of esters is 1. The molecule has 6 heteroatoms. The Kier molecular flexibility index (Phi) is 4.70. The van der Waals surface area contributed by atoms with Crippen LogP contribution in [0.2, 0.25) is 0 Å². The van der Waals surface area contributed by atoms with E-state index in [1.165, 1.54) is 19.2 Å². The highest BCUT2D eigenvalue weighted by atomic mass is 19.2. The molecule has 0 aliphatic heterocycles. The molecular formula is C15H15F2NO3. The normalized spacial score (nSPS) is 12.2. The largest absolute Gasteiger partial charge is 0.463 e. The Morgan fingerprint density at radius 2 is 2.05 bits per heavy atom. The summed E-state index contributed by atoms with van der Waals surface area (Å²) in [6, 6.07) is 6.72. The van der Waals surface area contributed by atoms with Crippen molar-refractivity contribution in [1.29, 1.82) is 0 Å². The van der Waals surface area contributed by atoms with Crippen molar-refractivity contribution in [3.8, 4) is 0 Å². The van der Waals surface area contributed by atoms with Gasteiger partial charge in [0.2, 0.25) is 5.76 Å². The van der Waals surface area contributed by atoms with Crippen molar-refractivity contribution in [3.05, 3.63) is 59.1 Å². The molecule has 1 unspecified atom stereocenters. The minimum absolute atomic E-state index is 0.120. The molecule has 0 saturated carbocycles. The lowest BCUT2D eigenvalue weighted by molar-refractivity contribution is 0.0563. The number of hydrogen-bond donors (Lipinski definition) is 1. The van der Waals surface area contributed by atoms with E-state index < -0.39 is 17.6 Å². The van der Waals surface area contributed by atoms with Gasteiger partial charge in [-0.2, -0.15) is 0 Å². The quantitative estimate of drug-likeness (QED) is 0.861. The summed E-state index contributed by atoms with van der Waals surface area (Å²) in [4.78, 5) is 11.2. The molecule has 0 bridgehead atoms. The summed E-state index contributed by atoms with van der Waals surface area (Å²) in [5.41, 5.74) is 0.619. The number of ether oxygens (including phenoxy) is 1. The van der Waals surface area contributed by atoms with Crippen molar-refractivity contribution in [1.82, 2.24) is 5.32 Å². The van der Waals surface area contributed by atoms with Gasteiger partial charge in [0.05, 0.1) is 13.7 Å². The molecule has 0 amide bonds. The minimum atomic E-state index is -0.882. The number of carbonyl (C=O) groups excluding carboxylic acids is 1. The third kappa shape index (κ3) is 3.66. The molecule has 1 N–H and O–H groups in total. The number of methoxy groups -OCH3 is 1. The predicted octanol–water partition coefficient (Wildman–Crippen LogP) is 3.20. The average Bonchev–Trinajstić information content (AvgIpc) is 2.95. The van der Waals surface area contributed by atoms with E-state index in [9.17, 15) is 13.6 Å². The van der Waals surface area contributed by atoms with Gasteiger partial charge in [0.1, 0.15) is 5.76 Å². The van der Waals surface area contributed by atoms with E-state index in [1.54, 1.807) is 6.07 Å². The fraction of sp³-hybridized carbons (Fsp3) is 0.267. The Labute approximate surface area is 120 Å². The molecule has 0 aliphatic carbocycles. The maximum absolute atomic E-state index is 13.2. The van der Waals surface area contributed by atoms with Gasteiger partial charge in [0.25, 0.3) is 0 Å². The number of hydrogen-bond acceptors (Lipinski definition) is 4. The first-order chi connectivity index (χ1) is 10.0. The lowest BCUT2D eigenvalue weighted by Gasteiger charge is -2.13. The number of furan rings is 1. The van der Waals surface area contributed by atoms with E-state index in [2.05, 4.69) is 10.1 Å². The lowest BCUT2D eigenvalue weighted by atomic mass is 10.1. The summed E-state index contributed by atoms with van der Waals surface area (Å²) in [5, 5.41) is 3.10. The monoisotopic (exact) mass is 295 g/mol. The van der Waals surface area contributed by atoms with Gasteiger partial charge in [-0.1, -0.05) is 6.07 Å². The third-order valence-electron chi connectivity index (χ3n) is 3.07. The lowest BCUT2D eigenvalue weighted by Crippen LogP contribution is -2.18. The number of halogens is 2. The number of nitrogens with one attached hydrogen (secondary N) is 1. The smallest absolute Gasteiger partial charge is 0.373 e. The zero-order valence-corrected chi connectivity index (χ0v) is 11.7. The first-order valence-electron chi connectivity index (χ1n) is 6.36. The molecule has 2 aromatic rings. The topological polar surface area (TPSA) is 51.5 Å². The van der Waals surface area contributed by atoms with E-state index in [0.29, 0.717) is 17.9 Å². The number of rotatable bonds is 5. The molecule has 112 valence electrons. The summed E-state index contributed by atoms with van der Waals surface area (Å²) in [7, 11) is 1.27. The number of benzene rings is 1. The van der Waals surface area contributed by atoms with Crippen LogP contribution in [0.1, 0.15) is 34.8 Å². The van der Waals surface area contributed by atoms with Crippen molar-refractivity contribution in [2.45, 2.75) is 19.5 Å². The predicted molar refractivity (Wildman–Crippen MR) is 71.7 cm³/mol. The van der Waals surface area contributed by atoms with E-state index in [0.717, 1.165) is 12.1 Å². The van der Waals surface area contributed by atoms with Gasteiger partial charge in [-0.25, -0.2) is 13.6 Å². The van der Waals surface area contributed by atoms with Gasteiger partial charge in [0, 0.05) is 6.04 Å². The van der Waals surface area contributed by atoms with Crippen molar-refractivity contribution >= 4 is 5.97 Å². The highest BCUT2D eigenvalue weighted by Gasteiger charge is 2.13. The molecule has 0 fully saturated rings. The zero-order chi connectivity index (χ0) is 15.4. The van der Waals surface area contributed by atoms with Crippen LogP contribution >= 0.6 is 0 Å². The highest BCUT2D eigenvalue weighted by molar-refractivity contribution is 5.86. The summed E-state index contributed by atoms with van der Waals surface area (Å²) in [6.45, 7) is 2.16. The van der Waals surface area contributed by atoms with Crippen molar-refractivity contribution in [3.63, 3.8) is 0 Å². The number of carbonyl (C=O) groups is 1. The van der Waals surface area contributed by atoms with Crippen LogP contribution < -0.4 is 5.32 Å². The Bertz CT molecular complexity index is 640. The van der Waals surface area contributed by atoms with Gasteiger partial charge in [-0.3, -0.25) is 0 Å². The van der Waals surface area contributed by atoms with Gasteiger partial charge in [-0.15, -0.1) is 0 Å². The second-order valence-corrected chi connectivity index (χ2v) is 4.53. The maximum atomic E-state index is 13.2. The molecule has 1 aromatic heterocycles. The molecule has 0 spiro atoms. The molecule has 1 aromatic carbocycles. The van der Waals surface area contributed by atoms with Crippen LogP contribution in [-0.2, 0) is 11.3 Å². The average molecular weight is 295 g/mol. The molecule has 0 radical (unpaired) electrons. The van der Waals surface area contributed by atoms with Gasteiger partial charge in [0.15, 0.2) is 11.6 Å². The summed E-state index contributed by atoms with van der Waals surface area (Å²) < 4.78 is 35.9. The first-order valence-corrected chi connectivity index (χ1v) is 6.36. The molecule has 2 rings (SSSR count). The summed E-state index contributed by atoms with van der Waals surface area (Å²) >= 11 is 0. The van der Waals surface area contributed by atoms with Gasteiger partial charge in [-0.05, 0) is 36.8 Å². The van der Waals surface area contributed by atoms with Crippen LogP contribution in [0, 0.1) is 11.6 Å².